The maximum absolute atomic E-state index is 7.40. The molecule has 0 saturated carbocycles. The van der Waals surface area contributed by atoms with E-state index in [-0.39, 0.29) is 12.4 Å². The summed E-state index contributed by atoms with van der Waals surface area (Å²) in [5, 5.41) is 19.5. The van der Waals surface area contributed by atoms with E-state index in [1.165, 1.54) is 101 Å². The summed E-state index contributed by atoms with van der Waals surface area (Å²) in [5.41, 5.74) is 8.48. The molecular weight excluding hydrogens is 703 g/mol. The number of nitrogens with two attached hydrogens (primary N) is 1. The Morgan fingerprint density at radius 2 is 1.24 bits per heavy atom. The lowest BCUT2D eigenvalue weighted by molar-refractivity contribution is 0.0763. The molecule has 3 aromatic rings. The minimum Gasteiger partial charge on any atom is -0.368 e. The van der Waals surface area contributed by atoms with E-state index in [0.717, 1.165) is 60.4 Å². The van der Waals surface area contributed by atoms with Gasteiger partial charge in [0.25, 0.3) is 0 Å². The highest BCUT2D eigenvalue weighted by molar-refractivity contribution is 6.30. The minimum atomic E-state index is 0. The summed E-state index contributed by atoms with van der Waals surface area (Å²) < 4.78 is 0. The Morgan fingerprint density at radius 1 is 0.765 bits per heavy atom. The molecule has 0 bridgehead atoms. The fourth-order valence-corrected chi connectivity index (χ4v) is 8.42. The van der Waals surface area contributed by atoms with Crippen molar-refractivity contribution >= 4 is 54.2 Å². The molecule has 2 unspecified atom stereocenters. The van der Waals surface area contributed by atoms with Gasteiger partial charge in [0.2, 0.25) is 18.1 Å². The molecule has 2 atom stereocenters. The molecule has 0 spiro atoms. The normalized spacial score (nSPS) is 21.9. The number of hydrogen-bond donors (Lipinski definition) is 3. The van der Waals surface area contributed by atoms with E-state index in [1.54, 1.807) is 0 Å². The van der Waals surface area contributed by atoms with E-state index < -0.39 is 0 Å². The molecule has 4 aliphatic heterocycles. The molecule has 2 aromatic carbocycles. The summed E-state index contributed by atoms with van der Waals surface area (Å²) in [6.45, 7) is 9.74. The number of H-pyrrole nitrogens is 1. The number of nitrogens with one attached hydrogen (secondary N) is 2. The Kier molecular flexibility index (Phi) is 17.3. The van der Waals surface area contributed by atoms with E-state index in [2.05, 4.69) is 71.2 Å². The number of rotatable bonds is 7. The smallest absolute Gasteiger partial charge is 0.246 e. The predicted molar refractivity (Wildman–Crippen MR) is 213 cm³/mol. The quantitative estimate of drug-likeness (QED) is 0.171. The SMILES string of the molecule is C=NC#N.Cl.Clc1ccc(CC2CCCCN2C2CCNCC2)cc1.Nc1nc(N2CCC(N3CCCCC3Cc3ccc(Cl)cc3)CC2)n[nH]1. The van der Waals surface area contributed by atoms with Crippen LogP contribution in [0.1, 0.15) is 75.3 Å². The molecule has 0 aliphatic carbocycles. The molecule has 4 N–H and O–H groups in total. The molecular formula is C38H55Cl3N10. The molecule has 51 heavy (non-hydrogen) atoms. The average molecular weight is 758 g/mol. The zero-order valence-electron chi connectivity index (χ0n) is 29.7. The van der Waals surface area contributed by atoms with Gasteiger partial charge in [-0.3, -0.25) is 9.80 Å². The number of aromatic amines is 1. The van der Waals surface area contributed by atoms with Crippen molar-refractivity contribution in [3.63, 3.8) is 0 Å². The Bertz CT molecular complexity index is 1460. The third-order valence-electron chi connectivity index (χ3n) is 10.7. The maximum atomic E-state index is 7.40. The van der Waals surface area contributed by atoms with Crippen LogP contribution in [0.4, 0.5) is 11.9 Å². The van der Waals surface area contributed by atoms with E-state index in [0.29, 0.717) is 18.0 Å². The van der Waals surface area contributed by atoms with Gasteiger partial charge in [-0.1, -0.05) is 60.3 Å². The van der Waals surface area contributed by atoms with Gasteiger partial charge in [-0.15, -0.1) is 17.5 Å². The number of halogens is 3. The van der Waals surface area contributed by atoms with Gasteiger partial charge in [0.1, 0.15) is 0 Å². The van der Waals surface area contributed by atoms with Crippen molar-refractivity contribution in [2.75, 3.05) is 49.9 Å². The second-order valence-electron chi connectivity index (χ2n) is 13.9. The summed E-state index contributed by atoms with van der Waals surface area (Å²) in [6.07, 6.45) is 16.8. The molecule has 0 amide bonds. The van der Waals surface area contributed by atoms with Crippen molar-refractivity contribution in [1.29, 1.82) is 5.26 Å². The number of piperidine rings is 4. The Morgan fingerprint density at radius 3 is 1.67 bits per heavy atom. The molecule has 0 radical (unpaired) electrons. The number of anilines is 2. The molecule has 4 saturated heterocycles. The van der Waals surface area contributed by atoms with Crippen molar-refractivity contribution < 1.29 is 0 Å². The fraction of sp³-hybridized carbons (Fsp3) is 0.579. The lowest BCUT2D eigenvalue weighted by atomic mass is 9.91. The Labute approximate surface area is 320 Å². The zero-order chi connectivity index (χ0) is 35.1. The molecule has 10 nitrogen and oxygen atoms in total. The predicted octanol–water partition coefficient (Wildman–Crippen LogP) is 7.19. The lowest BCUT2D eigenvalue weighted by Crippen LogP contribution is -2.51. The first-order chi connectivity index (χ1) is 24.4. The van der Waals surface area contributed by atoms with E-state index >= 15 is 0 Å². The summed E-state index contributed by atoms with van der Waals surface area (Å²) in [7, 11) is 0. The van der Waals surface area contributed by atoms with E-state index in [9.17, 15) is 0 Å². The van der Waals surface area contributed by atoms with Crippen molar-refractivity contribution in [2.45, 2.75) is 101 Å². The van der Waals surface area contributed by atoms with Gasteiger partial charge in [-0.2, -0.15) is 15.2 Å². The van der Waals surface area contributed by atoms with Gasteiger partial charge in [-0.25, -0.2) is 5.10 Å². The number of benzene rings is 2. The van der Waals surface area contributed by atoms with E-state index in [1.807, 2.05) is 24.3 Å². The third-order valence-corrected chi connectivity index (χ3v) is 11.2. The molecule has 4 fully saturated rings. The van der Waals surface area contributed by atoms with Crippen LogP contribution in [0.25, 0.3) is 0 Å². The summed E-state index contributed by atoms with van der Waals surface area (Å²) in [5.74, 6) is 1.12. The van der Waals surface area contributed by atoms with Crippen LogP contribution in [-0.4, -0.2) is 95.1 Å². The zero-order valence-corrected chi connectivity index (χ0v) is 32.1. The van der Waals surface area contributed by atoms with Crippen LogP contribution in [0.2, 0.25) is 10.0 Å². The maximum Gasteiger partial charge on any atom is 0.246 e. The van der Waals surface area contributed by atoms with Crippen LogP contribution >= 0.6 is 35.6 Å². The Hall–Kier alpha value is -2.91. The highest BCUT2D eigenvalue weighted by Crippen LogP contribution is 2.29. The van der Waals surface area contributed by atoms with Crippen molar-refractivity contribution in [3.8, 4) is 6.19 Å². The first kappa shape index (κ1) is 40.9. The van der Waals surface area contributed by atoms with Crippen LogP contribution in [0.3, 0.4) is 0 Å². The molecule has 5 heterocycles. The number of nitrogens with zero attached hydrogens (tertiary/aromatic N) is 7. The highest BCUT2D eigenvalue weighted by Gasteiger charge is 2.32. The number of aromatic nitrogens is 3. The monoisotopic (exact) mass is 756 g/mol. The number of nitriles is 1. The first-order valence-corrected chi connectivity index (χ1v) is 19.2. The van der Waals surface area contributed by atoms with Crippen LogP contribution in [0.15, 0.2) is 53.5 Å². The van der Waals surface area contributed by atoms with Gasteiger partial charge in [0.05, 0.1) is 0 Å². The van der Waals surface area contributed by atoms with Crippen molar-refractivity contribution in [1.82, 2.24) is 30.3 Å². The van der Waals surface area contributed by atoms with Crippen LogP contribution in [0, 0.1) is 11.5 Å². The summed E-state index contributed by atoms with van der Waals surface area (Å²) >= 11 is 12.0. The van der Waals surface area contributed by atoms with Gasteiger partial charge >= 0.3 is 0 Å². The first-order valence-electron chi connectivity index (χ1n) is 18.4. The Balaban J connectivity index is 0.000000209. The van der Waals surface area contributed by atoms with Crippen molar-refractivity contribution in [3.05, 3.63) is 69.7 Å². The second-order valence-corrected chi connectivity index (χ2v) is 14.8. The number of aliphatic imine (C=N–C) groups is 1. The van der Waals surface area contributed by atoms with Gasteiger partial charge in [0.15, 0.2) is 0 Å². The third kappa shape index (κ3) is 12.6. The van der Waals surface area contributed by atoms with Crippen molar-refractivity contribution in [2.24, 2.45) is 4.99 Å². The second kappa shape index (κ2) is 21.6. The summed E-state index contributed by atoms with van der Waals surface area (Å²) in [4.78, 5) is 14.9. The van der Waals surface area contributed by atoms with Crippen LogP contribution in [0.5, 0.6) is 0 Å². The lowest BCUT2D eigenvalue weighted by Gasteiger charge is -2.44. The molecule has 1 aromatic heterocycles. The number of likely N-dealkylation sites (tertiary alicyclic amines) is 2. The highest BCUT2D eigenvalue weighted by atomic mass is 35.5. The van der Waals surface area contributed by atoms with Crippen LogP contribution in [-0.2, 0) is 12.8 Å². The molecule has 4 aliphatic rings. The largest absolute Gasteiger partial charge is 0.368 e. The van der Waals surface area contributed by atoms with Gasteiger partial charge in [-0.05, 0) is 126 Å². The molecule has 7 rings (SSSR count). The minimum absolute atomic E-state index is 0. The topological polar surface area (TPSA) is 125 Å². The van der Waals surface area contributed by atoms with Gasteiger partial charge in [0, 0.05) is 54.0 Å². The molecule has 13 heteroatoms. The van der Waals surface area contributed by atoms with Gasteiger partial charge < -0.3 is 16.0 Å². The molecule has 278 valence electrons. The van der Waals surface area contributed by atoms with E-state index in [4.69, 9.17) is 34.2 Å². The fourth-order valence-electron chi connectivity index (χ4n) is 8.17. The van der Waals surface area contributed by atoms with Crippen LogP contribution < -0.4 is 16.0 Å². The standard InChI is InChI=1S/C19H27ClN6.C17H25ClN2.C2H2N2.ClH/c20-15-6-4-14(5-7-15)13-17-3-1-2-10-26(17)16-8-11-25(12-9-16)19-22-18(21)23-24-19;18-15-6-4-14(5-7-15)13-17-3-1-2-12-20(17)16-8-10-19-11-9-16;1-4-2-3;/h4-7,16-17H,1-3,8-13H2,(H3,21,22,23,24);4-7,16-17,19H,1-3,8-13H2;1H2;1H. The number of hydrogen-bond acceptors (Lipinski definition) is 9. The summed E-state index contributed by atoms with van der Waals surface area (Å²) in [6, 6.07) is 19.6. The number of nitrogen functional groups attached to an aromatic ring is 1. The average Bonchev–Trinajstić information content (AvgIpc) is 3.61.